The summed E-state index contributed by atoms with van der Waals surface area (Å²) in [4.78, 5) is 27.9. The molecule has 0 aromatic carbocycles. The van der Waals surface area contributed by atoms with Crippen LogP contribution >= 0.6 is 0 Å². The van der Waals surface area contributed by atoms with Crippen molar-refractivity contribution in [1.82, 2.24) is 14.9 Å². The lowest BCUT2D eigenvalue weighted by molar-refractivity contribution is -0.147. The highest BCUT2D eigenvalue weighted by atomic mass is 16.4. The Morgan fingerprint density at radius 1 is 1.38 bits per heavy atom. The number of carbonyl (C=O) groups is 2. The number of hydrogen-bond acceptors (Lipinski definition) is 3. The van der Waals surface area contributed by atoms with Crippen molar-refractivity contribution in [2.24, 2.45) is 30.7 Å². The molecule has 6 heteroatoms. The third kappa shape index (κ3) is 2.46. The average Bonchev–Trinajstić information content (AvgIpc) is 3.14. The summed E-state index contributed by atoms with van der Waals surface area (Å²) in [5, 5.41) is 12.2. The summed E-state index contributed by atoms with van der Waals surface area (Å²) < 4.78 is 1.91. The predicted octanol–water partition coefficient (Wildman–Crippen LogP) is 0.602. The van der Waals surface area contributed by atoms with Gasteiger partial charge in [0, 0.05) is 32.4 Å². The highest BCUT2D eigenvalue weighted by molar-refractivity contribution is 5.86. The summed E-state index contributed by atoms with van der Waals surface area (Å²) in [5.41, 5.74) is 0. The van der Waals surface area contributed by atoms with Gasteiger partial charge in [0.25, 0.3) is 0 Å². The number of imidazole rings is 1. The summed E-state index contributed by atoms with van der Waals surface area (Å²) in [6, 6.07) is 0. The van der Waals surface area contributed by atoms with E-state index in [1.165, 1.54) is 0 Å². The molecule has 2 unspecified atom stereocenters. The molecule has 3 rings (SSSR count). The van der Waals surface area contributed by atoms with E-state index in [0.717, 1.165) is 12.2 Å². The van der Waals surface area contributed by atoms with E-state index in [9.17, 15) is 14.7 Å². The molecule has 1 fully saturated rings. The van der Waals surface area contributed by atoms with E-state index >= 15 is 0 Å². The minimum absolute atomic E-state index is 0.0118. The summed E-state index contributed by atoms with van der Waals surface area (Å²) in [6.45, 7) is 0.480. The first kappa shape index (κ1) is 13.9. The Labute approximate surface area is 122 Å². The van der Waals surface area contributed by atoms with Crippen molar-refractivity contribution in [2.75, 3.05) is 6.54 Å². The largest absolute Gasteiger partial charge is 0.481 e. The molecule has 2 aliphatic rings. The first-order chi connectivity index (χ1) is 10.1. The van der Waals surface area contributed by atoms with E-state index in [-0.39, 0.29) is 17.7 Å². The van der Waals surface area contributed by atoms with Crippen molar-refractivity contribution in [3.63, 3.8) is 0 Å². The van der Waals surface area contributed by atoms with Crippen molar-refractivity contribution in [3.05, 3.63) is 30.4 Å². The fourth-order valence-electron chi connectivity index (χ4n) is 3.57. The van der Waals surface area contributed by atoms with E-state index in [0.29, 0.717) is 13.0 Å². The van der Waals surface area contributed by atoms with Crippen LogP contribution in [-0.4, -0.2) is 33.1 Å². The van der Waals surface area contributed by atoms with Gasteiger partial charge in [-0.2, -0.15) is 0 Å². The summed E-state index contributed by atoms with van der Waals surface area (Å²) in [5.74, 6) is -1.03. The molecule has 1 aromatic heterocycles. The Bertz CT molecular complexity index is 593. The number of carboxylic acid groups (broad SMARTS) is 1. The van der Waals surface area contributed by atoms with Crippen LogP contribution in [0.15, 0.2) is 24.5 Å². The van der Waals surface area contributed by atoms with Crippen LogP contribution in [0.25, 0.3) is 0 Å². The van der Waals surface area contributed by atoms with E-state index in [1.807, 2.05) is 30.0 Å². The molecule has 0 saturated heterocycles. The number of amides is 1. The Balaban J connectivity index is 1.59. The number of fused-ring (bicyclic) bond motifs is 2. The fraction of sp³-hybridized carbons (Fsp3) is 0.533. The van der Waals surface area contributed by atoms with Gasteiger partial charge in [0.1, 0.15) is 5.82 Å². The molecule has 2 aliphatic carbocycles. The van der Waals surface area contributed by atoms with Gasteiger partial charge < -0.3 is 15.0 Å². The number of carboxylic acids is 1. The Kier molecular flexibility index (Phi) is 3.53. The molecule has 6 nitrogen and oxygen atoms in total. The first-order valence-electron chi connectivity index (χ1n) is 7.23. The fourth-order valence-corrected chi connectivity index (χ4v) is 3.57. The number of aliphatic carboxylic acids is 1. The van der Waals surface area contributed by atoms with E-state index < -0.39 is 17.8 Å². The summed E-state index contributed by atoms with van der Waals surface area (Å²) in [6.07, 6.45) is 8.95. The SMILES string of the molecule is Cn1ccnc1CCNC(=O)[C@H]1C2C=CC(C2)[C@H]1C(=O)O. The smallest absolute Gasteiger partial charge is 0.307 e. The number of aryl methyl sites for hydroxylation is 1. The van der Waals surface area contributed by atoms with Crippen LogP contribution in [0.1, 0.15) is 12.2 Å². The topological polar surface area (TPSA) is 84.2 Å². The van der Waals surface area contributed by atoms with E-state index in [1.54, 1.807) is 6.20 Å². The van der Waals surface area contributed by atoms with Crippen LogP contribution in [0.5, 0.6) is 0 Å². The quantitative estimate of drug-likeness (QED) is 0.778. The molecule has 2 N–H and O–H groups in total. The number of allylic oxidation sites excluding steroid dienone is 2. The lowest BCUT2D eigenvalue weighted by atomic mass is 9.82. The van der Waals surface area contributed by atoms with Crippen LogP contribution in [-0.2, 0) is 23.1 Å². The summed E-state index contributed by atoms with van der Waals surface area (Å²) in [7, 11) is 1.91. The van der Waals surface area contributed by atoms with Gasteiger partial charge >= 0.3 is 5.97 Å². The third-order valence-electron chi connectivity index (χ3n) is 4.62. The van der Waals surface area contributed by atoms with Gasteiger partial charge in [0.15, 0.2) is 0 Å². The van der Waals surface area contributed by atoms with Gasteiger partial charge in [-0.25, -0.2) is 4.98 Å². The molecule has 1 heterocycles. The second kappa shape index (κ2) is 5.35. The maximum absolute atomic E-state index is 12.3. The molecule has 1 amide bonds. The van der Waals surface area contributed by atoms with Gasteiger partial charge in [0.2, 0.25) is 5.91 Å². The Hall–Kier alpha value is -2.11. The number of nitrogens with one attached hydrogen (secondary N) is 1. The molecule has 1 aromatic rings. The van der Waals surface area contributed by atoms with Gasteiger partial charge in [-0.15, -0.1) is 0 Å². The number of nitrogens with zero attached hydrogens (tertiary/aromatic N) is 2. The second-order valence-corrected chi connectivity index (χ2v) is 5.83. The van der Waals surface area contributed by atoms with Crippen LogP contribution in [0.2, 0.25) is 0 Å². The van der Waals surface area contributed by atoms with Crippen molar-refractivity contribution in [3.8, 4) is 0 Å². The zero-order valence-electron chi connectivity index (χ0n) is 11.9. The Morgan fingerprint density at radius 2 is 2.10 bits per heavy atom. The molecule has 2 bridgehead atoms. The molecule has 0 spiro atoms. The van der Waals surface area contributed by atoms with E-state index in [4.69, 9.17) is 0 Å². The van der Waals surface area contributed by atoms with Crippen molar-refractivity contribution in [1.29, 1.82) is 0 Å². The number of aromatic nitrogens is 2. The minimum atomic E-state index is -0.865. The lowest BCUT2D eigenvalue weighted by Gasteiger charge is -2.23. The molecule has 1 saturated carbocycles. The maximum atomic E-state index is 12.3. The zero-order valence-corrected chi connectivity index (χ0v) is 11.9. The zero-order chi connectivity index (χ0) is 15.0. The molecular weight excluding hydrogens is 270 g/mol. The van der Waals surface area contributed by atoms with Gasteiger partial charge in [-0.3, -0.25) is 9.59 Å². The number of rotatable bonds is 5. The molecule has 112 valence electrons. The highest BCUT2D eigenvalue weighted by Gasteiger charge is 2.51. The molecule has 0 aliphatic heterocycles. The normalized spacial score (nSPS) is 29.8. The third-order valence-corrected chi connectivity index (χ3v) is 4.62. The standard InChI is InChI=1S/C15H19N3O3/c1-18-7-6-16-11(18)4-5-17-14(19)12-9-2-3-10(8-9)13(12)15(20)21/h2-3,6-7,9-10,12-13H,4-5,8H2,1H3,(H,17,19)(H,20,21)/t9?,10?,12-,13+/m0/s1. The molecule has 21 heavy (non-hydrogen) atoms. The maximum Gasteiger partial charge on any atom is 0.307 e. The monoisotopic (exact) mass is 289 g/mol. The predicted molar refractivity (Wildman–Crippen MR) is 75.3 cm³/mol. The summed E-state index contributed by atoms with van der Waals surface area (Å²) >= 11 is 0. The van der Waals surface area contributed by atoms with Gasteiger partial charge in [-0.05, 0) is 18.3 Å². The van der Waals surface area contributed by atoms with E-state index in [2.05, 4.69) is 10.3 Å². The Morgan fingerprint density at radius 3 is 2.71 bits per heavy atom. The average molecular weight is 289 g/mol. The molecule has 4 atom stereocenters. The second-order valence-electron chi connectivity index (χ2n) is 5.83. The number of carbonyl (C=O) groups excluding carboxylic acids is 1. The van der Waals surface area contributed by atoms with Gasteiger partial charge in [0.05, 0.1) is 11.8 Å². The first-order valence-corrected chi connectivity index (χ1v) is 7.23. The molecule has 0 radical (unpaired) electrons. The van der Waals surface area contributed by atoms with Crippen molar-refractivity contribution < 1.29 is 14.7 Å². The minimum Gasteiger partial charge on any atom is -0.481 e. The van der Waals surface area contributed by atoms with Crippen LogP contribution < -0.4 is 5.32 Å². The lowest BCUT2D eigenvalue weighted by Crippen LogP contribution is -2.40. The van der Waals surface area contributed by atoms with Gasteiger partial charge in [-0.1, -0.05) is 12.2 Å². The van der Waals surface area contributed by atoms with Crippen molar-refractivity contribution >= 4 is 11.9 Å². The van der Waals surface area contributed by atoms with Crippen molar-refractivity contribution in [2.45, 2.75) is 12.8 Å². The molecular formula is C15H19N3O3. The van der Waals surface area contributed by atoms with Crippen LogP contribution in [0, 0.1) is 23.7 Å². The number of hydrogen-bond donors (Lipinski definition) is 2. The van der Waals surface area contributed by atoms with Crippen LogP contribution in [0.4, 0.5) is 0 Å². The van der Waals surface area contributed by atoms with Crippen LogP contribution in [0.3, 0.4) is 0 Å². The highest BCUT2D eigenvalue weighted by Crippen LogP contribution is 2.48.